The minimum Gasteiger partial charge on any atom is -0.493 e. The van der Waals surface area contributed by atoms with Gasteiger partial charge in [-0.3, -0.25) is 0 Å². The van der Waals surface area contributed by atoms with E-state index < -0.39 is 0 Å². The van der Waals surface area contributed by atoms with Crippen LogP contribution in [0.5, 0.6) is 5.75 Å². The number of anilines is 1. The SMILES string of the molecule is O=C(NCCc1cccc(F)c1)Nc1ccc2c(c1)CCO2. The van der Waals surface area contributed by atoms with Crippen molar-refractivity contribution in [3.05, 3.63) is 59.4 Å². The summed E-state index contributed by atoms with van der Waals surface area (Å²) in [7, 11) is 0. The molecule has 0 atom stereocenters. The van der Waals surface area contributed by atoms with E-state index in [1.165, 1.54) is 12.1 Å². The maximum atomic E-state index is 13.0. The van der Waals surface area contributed by atoms with Gasteiger partial charge >= 0.3 is 6.03 Å². The lowest BCUT2D eigenvalue weighted by molar-refractivity contribution is 0.252. The van der Waals surface area contributed by atoms with E-state index >= 15 is 0 Å². The molecule has 114 valence electrons. The van der Waals surface area contributed by atoms with Crippen molar-refractivity contribution in [1.82, 2.24) is 5.32 Å². The van der Waals surface area contributed by atoms with Crippen molar-refractivity contribution >= 4 is 11.7 Å². The third-order valence-electron chi connectivity index (χ3n) is 3.54. The van der Waals surface area contributed by atoms with Gasteiger partial charge in [0, 0.05) is 18.7 Å². The van der Waals surface area contributed by atoms with E-state index in [0.717, 1.165) is 29.0 Å². The fourth-order valence-corrected chi connectivity index (χ4v) is 2.45. The van der Waals surface area contributed by atoms with Crippen LogP contribution in [-0.2, 0) is 12.8 Å². The summed E-state index contributed by atoms with van der Waals surface area (Å²) in [6.07, 6.45) is 1.45. The predicted molar refractivity (Wildman–Crippen MR) is 82.8 cm³/mol. The summed E-state index contributed by atoms with van der Waals surface area (Å²) in [6.45, 7) is 1.14. The van der Waals surface area contributed by atoms with Gasteiger partial charge in [0.2, 0.25) is 0 Å². The first kappa shape index (κ1) is 14.4. The maximum Gasteiger partial charge on any atom is 0.319 e. The van der Waals surface area contributed by atoms with Gasteiger partial charge in [0.1, 0.15) is 11.6 Å². The molecule has 0 bridgehead atoms. The Morgan fingerprint density at radius 3 is 3.00 bits per heavy atom. The van der Waals surface area contributed by atoms with Crippen LogP contribution in [0.3, 0.4) is 0 Å². The molecule has 0 radical (unpaired) electrons. The van der Waals surface area contributed by atoms with Gasteiger partial charge in [-0.15, -0.1) is 0 Å². The molecule has 5 heteroatoms. The molecule has 2 N–H and O–H groups in total. The van der Waals surface area contributed by atoms with Gasteiger partial charge in [0.05, 0.1) is 6.61 Å². The molecule has 0 unspecified atom stereocenters. The number of hydrogen-bond donors (Lipinski definition) is 2. The number of amides is 2. The number of fused-ring (bicyclic) bond motifs is 1. The van der Waals surface area contributed by atoms with Gasteiger partial charge in [-0.2, -0.15) is 0 Å². The molecular formula is C17H17FN2O2. The van der Waals surface area contributed by atoms with Crippen molar-refractivity contribution in [3.63, 3.8) is 0 Å². The highest BCUT2D eigenvalue weighted by molar-refractivity contribution is 5.89. The number of hydrogen-bond acceptors (Lipinski definition) is 2. The van der Waals surface area contributed by atoms with Crippen LogP contribution < -0.4 is 15.4 Å². The molecule has 0 spiro atoms. The third kappa shape index (κ3) is 3.55. The molecule has 2 aromatic carbocycles. The number of benzene rings is 2. The average molecular weight is 300 g/mol. The number of urea groups is 1. The summed E-state index contributed by atoms with van der Waals surface area (Å²) in [6, 6.07) is 11.7. The molecular weight excluding hydrogens is 283 g/mol. The van der Waals surface area contributed by atoms with Crippen molar-refractivity contribution in [2.75, 3.05) is 18.5 Å². The van der Waals surface area contributed by atoms with E-state index in [4.69, 9.17) is 4.74 Å². The number of halogens is 1. The monoisotopic (exact) mass is 300 g/mol. The number of carbonyl (C=O) groups is 1. The van der Waals surface area contributed by atoms with Crippen molar-refractivity contribution in [1.29, 1.82) is 0 Å². The fraction of sp³-hybridized carbons (Fsp3) is 0.235. The lowest BCUT2D eigenvalue weighted by Gasteiger charge is -2.09. The van der Waals surface area contributed by atoms with E-state index in [2.05, 4.69) is 10.6 Å². The highest BCUT2D eigenvalue weighted by Gasteiger charge is 2.12. The second-order valence-corrected chi connectivity index (χ2v) is 5.18. The average Bonchev–Trinajstić information content (AvgIpc) is 2.95. The zero-order chi connectivity index (χ0) is 15.4. The van der Waals surface area contributed by atoms with Crippen LogP contribution in [0, 0.1) is 5.82 Å². The van der Waals surface area contributed by atoms with Crippen LogP contribution >= 0.6 is 0 Å². The third-order valence-corrected chi connectivity index (χ3v) is 3.54. The summed E-state index contributed by atoms with van der Waals surface area (Å²) in [5.41, 5.74) is 2.71. The van der Waals surface area contributed by atoms with Gasteiger partial charge in [-0.25, -0.2) is 9.18 Å². The number of rotatable bonds is 4. The molecule has 2 aromatic rings. The van der Waals surface area contributed by atoms with Crippen LogP contribution in [0.4, 0.5) is 14.9 Å². The first-order chi connectivity index (χ1) is 10.7. The van der Waals surface area contributed by atoms with Crippen LogP contribution in [0.1, 0.15) is 11.1 Å². The van der Waals surface area contributed by atoms with E-state index in [9.17, 15) is 9.18 Å². The van der Waals surface area contributed by atoms with Crippen LogP contribution in [0.25, 0.3) is 0 Å². The van der Waals surface area contributed by atoms with E-state index in [0.29, 0.717) is 19.6 Å². The van der Waals surface area contributed by atoms with Crippen molar-refractivity contribution in [2.24, 2.45) is 0 Å². The van der Waals surface area contributed by atoms with Crippen LogP contribution in [0.2, 0.25) is 0 Å². The van der Waals surface area contributed by atoms with Crippen molar-refractivity contribution in [3.8, 4) is 5.75 Å². The first-order valence-corrected chi connectivity index (χ1v) is 7.26. The number of ether oxygens (including phenoxy) is 1. The Labute approximate surface area is 128 Å². The Kier molecular flexibility index (Phi) is 4.23. The molecule has 0 saturated heterocycles. The maximum absolute atomic E-state index is 13.0. The zero-order valence-corrected chi connectivity index (χ0v) is 12.1. The second kappa shape index (κ2) is 6.47. The van der Waals surface area contributed by atoms with Crippen LogP contribution in [0.15, 0.2) is 42.5 Å². The molecule has 4 nitrogen and oxygen atoms in total. The van der Waals surface area contributed by atoms with Gasteiger partial charge in [-0.1, -0.05) is 12.1 Å². The molecule has 0 fully saturated rings. The summed E-state index contributed by atoms with van der Waals surface area (Å²) < 4.78 is 18.5. The molecule has 1 heterocycles. The Bertz CT molecular complexity index is 688. The molecule has 2 amide bonds. The predicted octanol–water partition coefficient (Wildman–Crippen LogP) is 3.12. The molecule has 1 aliphatic heterocycles. The first-order valence-electron chi connectivity index (χ1n) is 7.26. The van der Waals surface area contributed by atoms with Gasteiger partial charge in [-0.05, 0) is 47.9 Å². The quantitative estimate of drug-likeness (QED) is 0.911. The van der Waals surface area contributed by atoms with Gasteiger partial charge in [0.15, 0.2) is 0 Å². The molecule has 0 saturated carbocycles. The lowest BCUT2D eigenvalue weighted by Crippen LogP contribution is -2.30. The lowest BCUT2D eigenvalue weighted by atomic mass is 10.1. The smallest absolute Gasteiger partial charge is 0.319 e. The normalized spacial score (nSPS) is 12.4. The highest BCUT2D eigenvalue weighted by Crippen LogP contribution is 2.27. The molecule has 0 aliphatic carbocycles. The van der Waals surface area contributed by atoms with Crippen molar-refractivity contribution in [2.45, 2.75) is 12.8 Å². The Balaban J connectivity index is 1.48. The molecule has 0 aromatic heterocycles. The standard InChI is InChI=1S/C17H17FN2O2/c18-14-3-1-2-12(10-14)6-8-19-17(21)20-15-4-5-16-13(11-15)7-9-22-16/h1-5,10-11H,6-9H2,(H2,19,20,21). The van der Waals surface area contributed by atoms with E-state index in [1.54, 1.807) is 6.07 Å². The Morgan fingerprint density at radius 1 is 1.23 bits per heavy atom. The molecule has 1 aliphatic rings. The fourth-order valence-electron chi connectivity index (χ4n) is 2.45. The number of carbonyl (C=O) groups excluding carboxylic acids is 1. The van der Waals surface area contributed by atoms with Crippen molar-refractivity contribution < 1.29 is 13.9 Å². The largest absolute Gasteiger partial charge is 0.493 e. The van der Waals surface area contributed by atoms with Gasteiger partial charge in [0.25, 0.3) is 0 Å². The van der Waals surface area contributed by atoms with E-state index in [1.807, 2.05) is 24.3 Å². The topological polar surface area (TPSA) is 50.4 Å². The second-order valence-electron chi connectivity index (χ2n) is 5.18. The molecule has 3 rings (SSSR count). The summed E-state index contributed by atoms with van der Waals surface area (Å²) in [4.78, 5) is 11.8. The van der Waals surface area contributed by atoms with E-state index in [-0.39, 0.29) is 11.8 Å². The summed E-state index contributed by atoms with van der Waals surface area (Å²) >= 11 is 0. The minimum atomic E-state index is -0.268. The number of nitrogens with one attached hydrogen (secondary N) is 2. The van der Waals surface area contributed by atoms with Gasteiger partial charge < -0.3 is 15.4 Å². The van der Waals surface area contributed by atoms with Crippen LogP contribution in [-0.4, -0.2) is 19.2 Å². The highest BCUT2D eigenvalue weighted by atomic mass is 19.1. The summed E-state index contributed by atoms with van der Waals surface area (Å²) in [5, 5.41) is 5.55. The Morgan fingerprint density at radius 2 is 2.14 bits per heavy atom. The minimum absolute atomic E-state index is 0.262. The molecule has 22 heavy (non-hydrogen) atoms. The summed E-state index contributed by atoms with van der Waals surface area (Å²) in [5.74, 6) is 0.624. The Hall–Kier alpha value is -2.56. The zero-order valence-electron chi connectivity index (χ0n) is 12.1.